The topological polar surface area (TPSA) is 73.4 Å². The largest absolute Gasteiger partial charge is 0.467 e. The van der Waals surface area contributed by atoms with Gasteiger partial charge in [0.05, 0.1) is 6.61 Å². The average molecular weight is 337 g/mol. The highest BCUT2D eigenvalue weighted by Crippen LogP contribution is 2.32. The minimum absolute atomic E-state index is 0.0672. The summed E-state index contributed by atoms with van der Waals surface area (Å²) in [5.41, 5.74) is 2.75. The number of esters is 1. The Morgan fingerprint density at radius 1 is 1.43 bits per heavy atom. The normalized spacial score (nSPS) is 13.3. The summed E-state index contributed by atoms with van der Waals surface area (Å²) in [5, 5.41) is 7.36. The minimum atomic E-state index is -0.482. The van der Waals surface area contributed by atoms with E-state index >= 15 is 0 Å². The Kier molecular flexibility index (Phi) is 4.83. The van der Waals surface area contributed by atoms with Crippen molar-refractivity contribution in [2.24, 2.45) is 0 Å². The van der Waals surface area contributed by atoms with E-state index in [0.717, 1.165) is 24.1 Å². The second kappa shape index (κ2) is 7.02. The maximum atomic E-state index is 12.1. The standard InChI is InChI=1S/C16H17ClN2O4/c1-2-3-13-6-14(19-18-13)16(20)22-8-11-5-12(17)4-10-7-21-9-23-15(10)11/h4-6H,2-3,7-9H2,1H3,(H,18,19). The molecule has 7 heteroatoms. The van der Waals surface area contributed by atoms with Crippen molar-refractivity contribution in [3.8, 4) is 5.75 Å². The van der Waals surface area contributed by atoms with Gasteiger partial charge in [0.25, 0.3) is 0 Å². The molecule has 0 spiro atoms. The van der Waals surface area contributed by atoms with Crippen molar-refractivity contribution < 1.29 is 19.0 Å². The van der Waals surface area contributed by atoms with E-state index in [2.05, 4.69) is 17.1 Å². The molecule has 6 nitrogen and oxygen atoms in total. The minimum Gasteiger partial charge on any atom is -0.467 e. The highest BCUT2D eigenvalue weighted by atomic mass is 35.5. The number of carbonyl (C=O) groups is 1. The number of nitrogens with one attached hydrogen (secondary N) is 1. The molecule has 0 atom stereocenters. The summed E-state index contributed by atoms with van der Waals surface area (Å²) in [4.78, 5) is 12.1. The number of hydrogen-bond donors (Lipinski definition) is 1. The molecule has 0 unspecified atom stereocenters. The summed E-state index contributed by atoms with van der Waals surface area (Å²) in [6.07, 6.45) is 1.82. The lowest BCUT2D eigenvalue weighted by Crippen LogP contribution is -2.14. The van der Waals surface area contributed by atoms with E-state index in [4.69, 9.17) is 25.8 Å². The zero-order valence-corrected chi connectivity index (χ0v) is 13.5. The number of rotatable bonds is 5. The van der Waals surface area contributed by atoms with E-state index in [1.807, 2.05) is 0 Å². The van der Waals surface area contributed by atoms with Gasteiger partial charge in [0, 0.05) is 21.8 Å². The number of nitrogens with zero attached hydrogens (tertiary/aromatic N) is 1. The van der Waals surface area contributed by atoms with Gasteiger partial charge in [0.15, 0.2) is 12.5 Å². The number of ether oxygens (including phenoxy) is 3. The van der Waals surface area contributed by atoms with Crippen molar-refractivity contribution in [3.05, 3.63) is 45.7 Å². The third-order valence-electron chi connectivity index (χ3n) is 3.47. The second-order valence-electron chi connectivity index (χ2n) is 5.27. The van der Waals surface area contributed by atoms with Gasteiger partial charge in [-0.15, -0.1) is 0 Å². The Bertz CT molecular complexity index is 714. The molecule has 122 valence electrons. The van der Waals surface area contributed by atoms with Crippen molar-refractivity contribution in [2.75, 3.05) is 6.79 Å². The lowest BCUT2D eigenvalue weighted by atomic mass is 10.1. The first-order chi connectivity index (χ1) is 11.2. The highest BCUT2D eigenvalue weighted by Gasteiger charge is 2.19. The van der Waals surface area contributed by atoms with Gasteiger partial charge in [-0.1, -0.05) is 24.9 Å². The van der Waals surface area contributed by atoms with Gasteiger partial charge in [-0.25, -0.2) is 4.79 Å². The summed E-state index contributed by atoms with van der Waals surface area (Å²) in [6.45, 7) is 2.73. The first kappa shape index (κ1) is 15.8. The van der Waals surface area contributed by atoms with Crippen LogP contribution in [0.15, 0.2) is 18.2 Å². The van der Waals surface area contributed by atoms with Crippen LogP contribution in [-0.4, -0.2) is 23.0 Å². The SMILES string of the molecule is CCCc1cc(C(=O)OCc2cc(Cl)cc3c2OCOC3)n[nH]1. The number of carbonyl (C=O) groups excluding carboxylic acids is 1. The number of fused-ring (bicyclic) bond motifs is 1. The summed E-state index contributed by atoms with van der Waals surface area (Å²) in [5.74, 6) is 0.187. The molecule has 0 amide bonds. The van der Waals surface area contributed by atoms with Crippen LogP contribution in [0.25, 0.3) is 0 Å². The van der Waals surface area contributed by atoms with E-state index in [9.17, 15) is 4.79 Å². The van der Waals surface area contributed by atoms with Gasteiger partial charge >= 0.3 is 5.97 Å². The summed E-state index contributed by atoms with van der Waals surface area (Å²) in [6, 6.07) is 5.22. The Balaban J connectivity index is 1.70. The first-order valence-electron chi connectivity index (χ1n) is 7.40. The molecule has 0 fully saturated rings. The van der Waals surface area contributed by atoms with E-state index < -0.39 is 5.97 Å². The Morgan fingerprint density at radius 2 is 2.30 bits per heavy atom. The molecule has 2 heterocycles. The van der Waals surface area contributed by atoms with E-state index in [1.54, 1.807) is 18.2 Å². The Morgan fingerprint density at radius 3 is 3.13 bits per heavy atom. The summed E-state index contributed by atoms with van der Waals surface area (Å²) >= 11 is 6.08. The number of halogens is 1. The van der Waals surface area contributed by atoms with E-state index in [-0.39, 0.29) is 19.1 Å². The third kappa shape index (κ3) is 3.65. The van der Waals surface area contributed by atoms with Gasteiger partial charge in [-0.3, -0.25) is 5.10 Å². The average Bonchev–Trinajstić information content (AvgIpc) is 3.01. The fraction of sp³-hybridized carbons (Fsp3) is 0.375. The van der Waals surface area contributed by atoms with Gasteiger partial charge in [-0.05, 0) is 24.6 Å². The monoisotopic (exact) mass is 336 g/mol. The number of benzene rings is 1. The molecule has 1 aromatic carbocycles. The lowest BCUT2D eigenvalue weighted by molar-refractivity contribution is -0.0180. The number of H-pyrrole nitrogens is 1. The van der Waals surface area contributed by atoms with E-state index in [1.165, 1.54) is 0 Å². The number of aryl methyl sites for hydroxylation is 1. The molecule has 1 N–H and O–H groups in total. The number of aromatic nitrogens is 2. The predicted molar refractivity (Wildman–Crippen MR) is 83.4 cm³/mol. The third-order valence-corrected chi connectivity index (χ3v) is 3.69. The van der Waals surface area contributed by atoms with Crippen LogP contribution in [0.2, 0.25) is 5.02 Å². The molecule has 3 rings (SSSR count). The molecule has 1 aliphatic rings. The smallest absolute Gasteiger partial charge is 0.359 e. The molecule has 0 saturated heterocycles. The van der Waals surface area contributed by atoms with Crippen LogP contribution in [0.1, 0.15) is 40.7 Å². The molecule has 0 saturated carbocycles. The van der Waals surface area contributed by atoms with Gasteiger partial charge in [-0.2, -0.15) is 5.10 Å². The van der Waals surface area contributed by atoms with Crippen molar-refractivity contribution in [1.82, 2.24) is 10.2 Å². The molecule has 0 radical (unpaired) electrons. The van der Waals surface area contributed by atoms with E-state index in [0.29, 0.717) is 22.9 Å². The van der Waals surface area contributed by atoms with Crippen LogP contribution in [0.5, 0.6) is 5.75 Å². The molecule has 1 aliphatic heterocycles. The summed E-state index contributed by atoms with van der Waals surface area (Å²) < 4.78 is 16.0. The number of hydrogen-bond acceptors (Lipinski definition) is 5. The van der Waals surface area contributed by atoms with Crippen LogP contribution in [-0.2, 0) is 29.1 Å². The maximum Gasteiger partial charge on any atom is 0.359 e. The summed E-state index contributed by atoms with van der Waals surface area (Å²) in [7, 11) is 0. The zero-order chi connectivity index (χ0) is 16.2. The van der Waals surface area contributed by atoms with Gasteiger partial charge in [0.2, 0.25) is 0 Å². The Hall–Kier alpha value is -2.05. The van der Waals surface area contributed by atoms with Crippen LogP contribution in [0.4, 0.5) is 0 Å². The quantitative estimate of drug-likeness (QED) is 0.848. The van der Waals surface area contributed by atoms with Crippen molar-refractivity contribution in [1.29, 1.82) is 0 Å². The molecule has 1 aromatic heterocycles. The maximum absolute atomic E-state index is 12.1. The zero-order valence-electron chi connectivity index (χ0n) is 12.7. The fourth-order valence-electron chi connectivity index (χ4n) is 2.44. The molecule has 0 aliphatic carbocycles. The predicted octanol–water partition coefficient (Wildman–Crippen LogP) is 3.24. The van der Waals surface area contributed by atoms with Crippen molar-refractivity contribution in [3.63, 3.8) is 0 Å². The Labute approximate surface area is 138 Å². The molecule has 0 bridgehead atoms. The molecular weight excluding hydrogens is 320 g/mol. The molecular formula is C16H17ClN2O4. The van der Waals surface area contributed by atoms with Crippen LogP contribution >= 0.6 is 11.6 Å². The lowest BCUT2D eigenvalue weighted by Gasteiger charge is -2.20. The van der Waals surface area contributed by atoms with Crippen LogP contribution < -0.4 is 4.74 Å². The fourth-order valence-corrected chi connectivity index (χ4v) is 2.71. The van der Waals surface area contributed by atoms with Gasteiger partial charge in [0.1, 0.15) is 12.4 Å². The number of aromatic amines is 1. The van der Waals surface area contributed by atoms with Crippen LogP contribution in [0.3, 0.4) is 0 Å². The van der Waals surface area contributed by atoms with Crippen molar-refractivity contribution >= 4 is 17.6 Å². The second-order valence-corrected chi connectivity index (χ2v) is 5.70. The van der Waals surface area contributed by atoms with Crippen molar-refractivity contribution in [2.45, 2.75) is 33.0 Å². The molecule has 23 heavy (non-hydrogen) atoms. The highest BCUT2D eigenvalue weighted by molar-refractivity contribution is 6.30. The van der Waals surface area contributed by atoms with Gasteiger partial charge < -0.3 is 14.2 Å². The first-order valence-corrected chi connectivity index (χ1v) is 7.78. The molecule has 2 aromatic rings. The van der Waals surface area contributed by atoms with Crippen LogP contribution in [0, 0.1) is 0 Å².